The average molecular weight is 183 g/mol. The van der Waals surface area contributed by atoms with Crippen LogP contribution in [0.4, 0.5) is 0 Å². The van der Waals surface area contributed by atoms with E-state index < -0.39 is 0 Å². The lowest BCUT2D eigenvalue weighted by Crippen LogP contribution is -2.38. The van der Waals surface area contributed by atoms with Crippen LogP contribution in [0, 0.1) is 11.3 Å². The van der Waals surface area contributed by atoms with E-state index >= 15 is 0 Å². The van der Waals surface area contributed by atoms with Gasteiger partial charge in [-0.25, -0.2) is 0 Å². The summed E-state index contributed by atoms with van der Waals surface area (Å²) < 4.78 is 0. The molecule has 0 heterocycles. The lowest BCUT2D eigenvalue weighted by atomic mass is 10.2. The molecule has 0 aliphatic rings. The van der Waals surface area contributed by atoms with Gasteiger partial charge in [-0.3, -0.25) is 4.79 Å². The summed E-state index contributed by atoms with van der Waals surface area (Å²) in [5.74, 6) is 0.0350. The molecule has 0 atom stereocenters. The summed E-state index contributed by atoms with van der Waals surface area (Å²) >= 11 is 0. The van der Waals surface area contributed by atoms with Crippen LogP contribution in [0.1, 0.15) is 26.7 Å². The maximum absolute atomic E-state index is 11.4. The van der Waals surface area contributed by atoms with Crippen molar-refractivity contribution in [2.24, 2.45) is 5.73 Å². The van der Waals surface area contributed by atoms with Gasteiger partial charge in [0.2, 0.25) is 5.91 Å². The number of carbonyl (C=O) groups is 1. The van der Waals surface area contributed by atoms with Crippen molar-refractivity contribution in [1.29, 1.82) is 5.26 Å². The Morgan fingerprint density at radius 3 is 2.62 bits per heavy atom. The first-order chi connectivity index (χ1) is 6.13. The van der Waals surface area contributed by atoms with Crippen molar-refractivity contribution in [3.63, 3.8) is 0 Å². The molecule has 0 rings (SSSR count). The minimum atomic E-state index is 0.0350. The fraction of sp³-hybridized carbons (Fsp3) is 0.778. The minimum absolute atomic E-state index is 0.0350. The summed E-state index contributed by atoms with van der Waals surface area (Å²) in [6, 6.07) is 2.17. The molecule has 0 saturated heterocycles. The fourth-order valence-electron chi connectivity index (χ4n) is 1.11. The van der Waals surface area contributed by atoms with E-state index in [-0.39, 0.29) is 11.9 Å². The molecular formula is C9H17N3O. The van der Waals surface area contributed by atoms with Gasteiger partial charge in [-0.15, -0.1) is 0 Å². The second-order valence-corrected chi connectivity index (χ2v) is 3.13. The van der Waals surface area contributed by atoms with Gasteiger partial charge < -0.3 is 10.6 Å². The van der Waals surface area contributed by atoms with E-state index in [2.05, 4.69) is 0 Å². The quantitative estimate of drug-likeness (QED) is 0.674. The van der Waals surface area contributed by atoms with E-state index in [0.717, 1.165) is 0 Å². The molecule has 0 fully saturated rings. The van der Waals surface area contributed by atoms with Crippen molar-refractivity contribution in [3.8, 4) is 6.07 Å². The van der Waals surface area contributed by atoms with Crippen LogP contribution in [0.2, 0.25) is 0 Å². The van der Waals surface area contributed by atoms with Gasteiger partial charge in [-0.1, -0.05) is 0 Å². The van der Waals surface area contributed by atoms with Crippen LogP contribution in [0.3, 0.4) is 0 Å². The first-order valence-electron chi connectivity index (χ1n) is 4.50. The minimum Gasteiger partial charge on any atom is -0.339 e. The molecule has 13 heavy (non-hydrogen) atoms. The van der Waals surface area contributed by atoms with Gasteiger partial charge in [0.05, 0.1) is 12.5 Å². The molecule has 0 spiro atoms. The number of nitriles is 1. The standard InChI is InChI=1S/C9H17N3O/c1-8(2)12(7-3-5-10)9(13)4-6-11/h8H,3-4,6-7,11H2,1-2H3. The van der Waals surface area contributed by atoms with E-state index in [4.69, 9.17) is 11.0 Å². The maximum atomic E-state index is 11.4. The number of amides is 1. The van der Waals surface area contributed by atoms with E-state index in [1.165, 1.54) is 0 Å². The molecule has 0 aromatic carbocycles. The topological polar surface area (TPSA) is 70.1 Å². The highest BCUT2D eigenvalue weighted by Crippen LogP contribution is 2.02. The summed E-state index contributed by atoms with van der Waals surface area (Å²) in [4.78, 5) is 13.1. The van der Waals surface area contributed by atoms with Crippen molar-refractivity contribution in [3.05, 3.63) is 0 Å². The molecule has 2 N–H and O–H groups in total. The zero-order valence-electron chi connectivity index (χ0n) is 8.29. The Morgan fingerprint density at radius 1 is 1.62 bits per heavy atom. The zero-order valence-corrected chi connectivity index (χ0v) is 8.29. The monoisotopic (exact) mass is 183 g/mol. The average Bonchev–Trinajstić information content (AvgIpc) is 2.05. The molecule has 4 nitrogen and oxygen atoms in total. The third-order valence-electron chi connectivity index (χ3n) is 1.77. The number of nitrogens with zero attached hydrogens (tertiary/aromatic N) is 2. The van der Waals surface area contributed by atoms with Crippen LogP contribution < -0.4 is 5.73 Å². The van der Waals surface area contributed by atoms with Crippen LogP contribution in [0.25, 0.3) is 0 Å². The van der Waals surface area contributed by atoms with Gasteiger partial charge in [0.1, 0.15) is 0 Å². The van der Waals surface area contributed by atoms with Crippen LogP contribution in [0.15, 0.2) is 0 Å². The van der Waals surface area contributed by atoms with Gasteiger partial charge >= 0.3 is 0 Å². The van der Waals surface area contributed by atoms with E-state index in [1.54, 1.807) is 4.90 Å². The number of rotatable bonds is 5. The highest BCUT2D eigenvalue weighted by molar-refractivity contribution is 5.76. The van der Waals surface area contributed by atoms with E-state index in [1.807, 2.05) is 19.9 Å². The van der Waals surface area contributed by atoms with Gasteiger partial charge in [0.25, 0.3) is 0 Å². The molecule has 74 valence electrons. The second-order valence-electron chi connectivity index (χ2n) is 3.13. The molecule has 1 amide bonds. The maximum Gasteiger partial charge on any atom is 0.224 e. The largest absolute Gasteiger partial charge is 0.339 e. The van der Waals surface area contributed by atoms with Crippen molar-refractivity contribution >= 4 is 5.91 Å². The molecule has 0 aliphatic carbocycles. The first kappa shape index (κ1) is 11.9. The van der Waals surface area contributed by atoms with Crippen LogP contribution >= 0.6 is 0 Å². The van der Waals surface area contributed by atoms with Gasteiger partial charge in [0.15, 0.2) is 0 Å². The number of nitrogens with two attached hydrogens (primary N) is 1. The Bertz CT molecular complexity index is 196. The molecule has 0 saturated carbocycles. The smallest absolute Gasteiger partial charge is 0.224 e. The highest BCUT2D eigenvalue weighted by atomic mass is 16.2. The summed E-state index contributed by atoms with van der Waals surface area (Å²) in [5, 5.41) is 8.40. The molecule has 0 unspecified atom stereocenters. The second kappa shape index (κ2) is 6.44. The molecule has 0 aromatic heterocycles. The van der Waals surface area contributed by atoms with E-state index in [9.17, 15) is 4.79 Å². The zero-order chi connectivity index (χ0) is 10.3. The number of hydrogen-bond donors (Lipinski definition) is 1. The van der Waals surface area contributed by atoms with Crippen LogP contribution in [0.5, 0.6) is 0 Å². The third kappa shape index (κ3) is 4.48. The Morgan fingerprint density at radius 2 is 2.23 bits per heavy atom. The SMILES string of the molecule is CC(C)N(CCC#N)C(=O)CCN. The summed E-state index contributed by atoms with van der Waals surface area (Å²) in [6.07, 6.45) is 0.748. The van der Waals surface area contributed by atoms with Gasteiger partial charge in [0, 0.05) is 25.6 Å². The molecule has 0 aromatic rings. The van der Waals surface area contributed by atoms with Crippen LogP contribution in [-0.4, -0.2) is 29.9 Å². The predicted molar refractivity (Wildman–Crippen MR) is 50.8 cm³/mol. The number of hydrogen-bond acceptors (Lipinski definition) is 3. The number of carbonyl (C=O) groups excluding carboxylic acids is 1. The van der Waals surface area contributed by atoms with Gasteiger partial charge in [-0.05, 0) is 13.8 Å². The van der Waals surface area contributed by atoms with Crippen molar-refractivity contribution in [2.75, 3.05) is 13.1 Å². The van der Waals surface area contributed by atoms with Crippen molar-refractivity contribution < 1.29 is 4.79 Å². The summed E-state index contributed by atoms with van der Waals surface area (Å²) in [5.41, 5.74) is 5.28. The Labute approximate surface area is 79.3 Å². The molecule has 0 aliphatic heterocycles. The highest BCUT2D eigenvalue weighted by Gasteiger charge is 2.14. The van der Waals surface area contributed by atoms with Crippen molar-refractivity contribution in [2.45, 2.75) is 32.7 Å². The Hall–Kier alpha value is -1.08. The van der Waals surface area contributed by atoms with Gasteiger partial charge in [-0.2, -0.15) is 5.26 Å². The molecule has 0 bridgehead atoms. The van der Waals surface area contributed by atoms with E-state index in [0.29, 0.717) is 25.9 Å². The Balaban J connectivity index is 4.09. The lowest BCUT2D eigenvalue weighted by Gasteiger charge is -2.25. The molecular weight excluding hydrogens is 166 g/mol. The lowest BCUT2D eigenvalue weighted by molar-refractivity contribution is -0.132. The third-order valence-corrected chi connectivity index (χ3v) is 1.77. The normalized spacial score (nSPS) is 9.77. The van der Waals surface area contributed by atoms with Crippen LogP contribution in [-0.2, 0) is 4.79 Å². The fourth-order valence-corrected chi connectivity index (χ4v) is 1.11. The summed E-state index contributed by atoms with van der Waals surface area (Å²) in [6.45, 7) is 4.75. The molecule has 0 radical (unpaired) electrons. The predicted octanol–water partition coefficient (Wildman–Crippen LogP) is 0.486. The Kier molecular flexibility index (Phi) is 5.90. The first-order valence-corrected chi connectivity index (χ1v) is 4.50. The summed E-state index contributed by atoms with van der Waals surface area (Å²) in [7, 11) is 0. The molecule has 4 heteroatoms. The van der Waals surface area contributed by atoms with Crippen molar-refractivity contribution in [1.82, 2.24) is 4.90 Å².